The number of amides is 2. The first-order valence-corrected chi connectivity index (χ1v) is 7.58. The number of carbonyl (C=O) groups is 2. The highest BCUT2D eigenvalue weighted by Crippen LogP contribution is 2.17. The fourth-order valence-corrected chi connectivity index (χ4v) is 2.08. The molecule has 2 N–H and O–H groups in total. The molecule has 1 unspecified atom stereocenters. The summed E-state index contributed by atoms with van der Waals surface area (Å²) in [4.78, 5) is 23.7. The monoisotopic (exact) mass is 350 g/mol. The van der Waals surface area contributed by atoms with Gasteiger partial charge in [0.05, 0.1) is 6.42 Å². The zero-order valence-corrected chi connectivity index (χ0v) is 13.6. The van der Waals surface area contributed by atoms with Crippen molar-refractivity contribution in [2.45, 2.75) is 19.4 Å². The molecule has 0 aliphatic rings. The van der Waals surface area contributed by atoms with Crippen LogP contribution in [0.25, 0.3) is 0 Å². The van der Waals surface area contributed by atoms with E-state index in [2.05, 4.69) is 10.9 Å². The molecule has 0 saturated carbocycles. The van der Waals surface area contributed by atoms with Gasteiger partial charge in [0.15, 0.2) is 17.7 Å². The first kappa shape index (κ1) is 17.7. The van der Waals surface area contributed by atoms with Crippen molar-refractivity contribution >= 4 is 23.4 Å². The number of para-hydroxylation sites is 1. The van der Waals surface area contributed by atoms with Gasteiger partial charge in [0.1, 0.15) is 0 Å². The Morgan fingerprint density at radius 3 is 2.50 bits per heavy atom. The topological polar surface area (TPSA) is 67.4 Å². The number of ether oxygens (including phenoxy) is 1. The first-order chi connectivity index (χ1) is 11.5. The van der Waals surface area contributed by atoms with Crippen LogP contribution in [0, 0.1) is 5.82 Å². The lowest BCUT2D eigenvalue weighted by Gasteiger charge is -2.15. The van der Waals surface area contributed by atoms with E-state index in [4.69, 9.17) is 16.3 Å². The maximum absolute atomic E-state index is 13.5. The predicted molar refractivity (Wildman–Crippen MR) is 87.9 cm³/mol. The Hall–Kier alpha value is -2.60. The number of hydrogen-bond donors (Lipinski definition) is 2. The Bertz CT molecular complexity index is 739. The summed E-state index contributed by atoms with van der Waals surface area (Å²) in [6, 6.07) is 12.7. The number of halogens is 2. The van der Waals surface area contributed by atoms with Crippen LogP contribution in [0.3, 0.4) is 0 Å². The van der Waals surface area contributed by atoms with Crippen molar-refractivity contribution in [3.05, 3.63) is 64.9 Å². The molecule has 2 aromatic carbocycles. The molecular weight excluding hydrogens is 335 g/mol. The quantitative estimate of drug-likeness (QED) is 0.815. The van der Waals surface area contributed by atoms with Gasteiger partial charge in [-0.15, -0.1) is 0 Å². The molecule has 0 aliphatic heterocycles. The lowest BCUT2D eigenvalue weighted by Crippen LogP contribution is -2.47. The fraction of sp³-hybridized carbons (Fsp3) is 0.176. The zero-order chi connectivity index (χ0) is 17.5. The van der Waals surface area contributed by atoms with Crippen molar-refractivity contribution in [1.82, 2.24) is 10.9 Å². The molecule has 1 atom stereocenters. The van der Waals surface area contributed by atoms with E-state index in [1.807, 2.05) is 0 Å². The molecule has 0 heterocycles. The van der Waals surface area contributed by atoms with Gasteiger partial charge >= 0.3 is 0 Å². The normalized spacial score (nSPS) is 11.5. The van der Waals surface area contributed by atoms with Gasteiger partial charge in [-0.2, -0.15) is 0 Å². The molecule has 0 aromatic heterocycles. The highest BCUT2D eigenvalue weighted by molar-refractivity contribution is 6.31. The largest absolute Gasteiger partial charge is 0.478 e. The van der Waals surface area contributed by atoms with Crippen molar-refractivity contribution in [2.24, 2.45) is 0 Å². The van der Waals surface area contributed by atoms with Crippen molar-refractivity contribution in [2.75, 3.05) is 0 Å². The van der Waals surface area contributed by atoms with Crippen LogP contribution in [-0.2, 0) is 16.0 Å². The van der Waals surface area contributed by atoms with Gasteiger partial charge in [-0.05, 0) is 30.7 Å². The minimum absolute atomic E-state index is 0.0164. The van der Waals surface area contributed by atoms with Gasteiger partial charge in [0.2, 0.25) is 5.91 Å². The second kappa shape index (κ2) is 8.31. The van der Waals surface area contributed by atoms with Crippen LogP contribution in [0.15, 0.2) is 48.5 Å². The van der Waals surface area contributed by atoms with E-state index in [-0.39, 0.29) is 12.2 Å². The molecule has 7 heteroatoms. The highest BCUT2D eigenvalue weighted by Gasteiger charge is 2.17. The van der Waals surface area contributed by atoms with Crippen molar-refractivity contribution in [3.8, 4) is 5.75 Å². The molecule has 0 bridgehead atoms. The third kappa shape index (κ3) is 4.96. The third-order valence-electron chi connectivity index (χ3n) is 3.14. The summed E-state index contributed by atoms with van der Waals surface area (Å²) in [5, 5.41) is 0.468. The molecule has 0 saturated heterocycles. The molecule has 126 valence electrons. The number of hydrazine groups is 1. The summed E-state index contributed by atoms with van der Waals surface area (Å²) in [6.07, 6.45) is -0.967. The fourth-order valence-electron chi connectivity index (χ4n) is 1.88. The van der Waals surface area contributed by atoms with Crippen LogP contribution in [-0.4, -0.2) is 17.9 Å². The summed E-state index contributed by atoms with van der Waals surface area (Å²) in [5.74, 6) is -1.65. The Kier molecular flexibility index (Phi) is 6.14. The van der Waals surface area contributed by atoms with Crippen molar-refractivity contribution in [1.29, 1.82) is 0 Å². The molecule has 0 fully saturated rings. The lowest BCUT2D eigenvalue weighted by atomic mass is 10.1. The lowest BCUT2D eigenvalue weighted by molar-refractivity contribution is -0.132. The molecule has 0 aliphatic carbocycles. The van der Waals surface area contributed by atoms with Crippen molar-refractivity contribution < 1.29 is 18.7 Å². The molecule has 2 aromatic rings. The van der Waals surface area contributed by atoms with E-state index >= 15 is 0 Å². The van der Waals surface area contributed by atoms with Gasteiger partial charge < -0.3 is 4.74 Å². The Balaban J connectivity index is 1.83. The van der Waals surface area contributed by atoms with Gasteiger partial charge in [0, 0.05) is 5.02 Å². The Morgan fingerprint density at radius 1 is 1.12 bits per heavy atom. The summed E-state index contributed by atoms with van der Waals surface area (Å²) >= 11 is 5.96. The summed E-state index contributed by atoms with van der Waals surface area (Å²) < 4.78 is 18.7. The minimum Gasteiger partial charge on any atom is -0.478 e. The molecule has 5 nitrogen and oxygen atoms in total. The minimum atomic E-state index is -0.984. The highest BCUT2D eigenvalue weighted by atomic mass is 35.5. The standard InChI is InChI=1S/C17H16ClFN2O3/c1-11(24-15-9-5-4-8-14(15)19)17(23)21-20-16(22)10-12-6-2-3-7-13(12)18/h2-9,11H,10H2,1H3,(H,20,22)(H,21,23). The number of carbonyl (C=O) groups excluding carboxylic acids is 2. The third-order valence-corrected chi connectivity index (χ3v) is 3.51. The molecule has 2 rings (SSSR count). The van der Waals surface area contributed by atoms with E-state index in [9.17, 15) is 14.0 Å². The summed E-state index contributed by atoms with van der Waals surface area (Å²) in [6.45, 7) is 1.45. The van der Waals surface area contributed by atoms with Crippen LogP contribution < -0.4 is 15.6 Å². The number of rotatable bonds is 5. The first-order valence-electron chi connectivity index (χ1n) is 7.20. The maximum atomic E-state index is 13.5. The summed E-state index contributed by atoms with van der Waals surface area (Å²) in [7, 11) is 0. The SMILES string of the molecule is CC(Oc1ccccc1F)C(=O)NNC(=O)Cc1ccccc1Cl. The van der Waals surface area contributed by atoms with Gasteiger partial charge in [-0.3, -0.25) is 20.4 Å². The second-order valence-corrected chi connectivity index (χ2v) is 5.40. The van der Waals surface area contributed by atoms with Crippen LogP contribution in [0.4, 0.5) is 4.39 Å². The van der Waals surface area contributed by atoms with Crippen LogP contribution in [0.1, 0.15) is 12.5 Å². The van der Waals surface area contributed by atoms with E-state index in [0.29, 0.717) is 10.6 Å². The van der Waals surface area contributed by atoms with E-state index in [1.165, 1.54) is 25.1 Å². The van der Waals surface area contributed by atoms with E-state index in [1.54, 1.807) is 30.3 Å². The molecular formula is C17H16ClFN2O3. The average Bonchev–Trinajstić information content (AvgIpc) is 2.56. The van der Waals surface area contributed by atoms with Gasteiger partial charge in [0.25, 0.3) is 5.91 Å². The van der Waals surface area contributed by atoms with Crippen molar-refractivity contribution in [3.63, 3.8) is 0 Å². The second-order valence-electron chi connectivity index (χ2n) is 5.00. The number of hydrogen-bond acceptors (Lipinski definition) is 3. The average molecular weight is 351 g/mol. The smallest absolute Gasteiger partial charge is 0.279 e. The van der Waals surface area contributed by atoms with Crippen LogP contribution in [0.5, 0.6) is 5.75 Å². The van der Waals surface area contributed by atoms with Gasteiger partial charge in [-0.1, -0.05) is 41.9 Å². The Labute approximate surface area is 143 Å². The maximum Gasteiger partial charge on any atom is 0.279 e. The number of nitrogens with one attached hydrogen (secondary N) is 2. The Morgan fingerprint density at radius 2 is 1.79 bits per heavy atom. The predicted octanol–water partition coefficient (Wildman–Crippen LogP) is 2.64. The molecule has 0 radical (unpaired) electrons. The summed E-state index contributed by atoms with van der Waals surface area (Å²) in [5.41, 5.74) is 5.14. The molecule has 2 amide bonds. The molecule has 24 heavy (non-hydrogen) atoms. The molecule has 0 spiro atoms. The zero-order valence-electron chi connectivity index (χ0n) is 12.9. The van der Waals surface area contributed by atoms with Gasteiger partial charge in [-0.25, -0.2) is 4.39 Å². The van der Waals surface area contributed by atoms with Crippen LogP contribution in [0.2, 0.25) is 5.02 Å². The van der Waals surface area contributed by atoms with Crippen LogP contribution >= 0.6 is 11.6 Å². The van der Waals surface area contributed by atoms with E-state index < -0.39 is 23.7 Å². The number of benzene rings is 2. The van der Waals surface area contributed by atoms with E-state index in [0.717, 1.165) is 0 Å².